The highest BCUT2D eigenvalue weighted by atomic mass is 35.5. The minimum atomic E-state index is 0.139. The van der Waals surface area contributed by atoms with Gasteiger partial charge in [0.1, 0.15) is 5.78 Å². The second-order valence-electron chi connectivity index (χ2n) is 5.31. The maximum Gasteiger partial charge on any atom is 0.134 e. The third kappa shape index (κ3) is 7.63. The fourth-order valence-corrected chi connectivity index (χ4v) is 3.89. The number of hydrogen-bond donors (Lipinski definition) is 1. The number of unbranched alkanes of at least 4 members (excludes halogenated alkanes) is 3. The molecule has 0 N–H and O–H groups in total. The van der Waals surface area contributed by atoms with Gasteiger partial charge >= 0.3 is 0 Å². The van der Waals surface area contributed by atoms with Gasteiger partial charge in [-0.3, -0.25) is 4.79 Å². The van der Waals surface area contributed by atoms with Crippen molar-refractivity contribution in [2.75, 3.05) is 11.5 Å². The predicted molar refractivity (Wildman–Crippen MR) is 104 cm³/mol. The van der Waals surface area contributed by atoms with Gasteiger partial charge in [0.05, 0.1) is 10.0 Å². The van der Waals surface area contributed by atoms with Gasteiger partial charge in [0.2, 0.25) is 0 Å². The Morgan fingerprint density at radius 2 is 2.00 bits per heavy atom. The van der Waals surface area contributed by atoms with Crippen LogP contribution in [0.15, 0.2) is 18.2 Å². The maximum absolute atomic E-state index is 12.2. The molecule has 0 saturated carbocycles. The van der Waals surface area contributed by atoms with Crippen LogP contribution in [0.4, 0.5) is 0 Å². The molecular weight excluding hydrogens is 355 g/mol. The summed E-state index contributed by atoms with van der Waals surface area (Å²) in [6.45, 7) is 2.18. The van der Waals surface area contributed by atoms with E-state index in [1.54, 1.807) is 17.8 Å². The molecule has 0 amide bonds. The normalized spacial score (nSPS) is 12.4. The van der Waals surface area contributed by atoms with Gasteiger partial charge < -0.3 is 0 Å². The van der Waals surface area contributed by atoms with E-state index in [0.29, 0.717) is 28.7 Å². The molecule has 5 heteroatoms. The summed E-state index contributed by atoms with van der Waals surface area (Å²) in [6, 6.07) is 5.65. The zero-order valence-electron chi connectivity index (χ0n) is 13.0. The van der Waals surface area contributed by atoms with Gasteiger partial charge in [-0.25, -0.2) is 0 Å². The van der Waals surface area contributed by atoms with Gasteiger partial charge in [-0.15, -0.1) is 0 Å². The number of rotatable bonds is 11. The fourth-order valence-electron chi connectivity index (χ4n) is 2.24. The molecule has 124 valence electrons. The van der Waals surface area contributed by atoms with Crippen molar-refractivity contribution < 1.29 is 4.79 Å². The van der Waals surface area contributed by atoms with Crippen LogP contribution >= 0.6 is 47.6 Å². The van der Waals surface area contributed by atoms with Gasteiger partial charge in [0.25, 0.3) is 0 Å². The number of thioether (sulfide) groups is 1. The molecule has 0 bridgehead atoms. The van der Waals surface area contributed by atoms with Crippen LogP contribution in [0.3, 0.4) is 0 Å². The number of carbonyl (C=O) groups is 1. The molecule has 1 atom stereocenters. The summed E-state index contributed by atoms with van der Waals surface area (Å²) < 4.78 is 0. The second-order valence-corrected chi connectivity index (χ2v) is 7.88. The standard InChI is InChI=1S/C17H24Cl2OS2/c1-2-3-4-5-6-14(20)12-17(22-10-9-21)13-7-8-15(18)16(19)11-13/h7-8,11,17,21H,2-6,9-10,12H2,1H3. The number of Topliss-reactive ketones (excluding diaryl/α,β-unsaturated/α-hetero) is 1. The highest BCUT2D eigenvalue weighted by Crippen LogP contribution is 2.36. The Labute approximate surface area is 153 Å². The third-order valence-electron chi connectivity index (χ3n) is 3.45. The smallest absolute Gasteiger partial charge is 0.134 e. The van der Waals surface area contributed by atoms with Crippen molar-refractivity contribution in [3.05, 3.63) is 33.8 Å². The monoisotopic (exact) mass is 378 g/mol. The second kappa shape index (κ2) is 11.7. The van der Waals surface area contributed by atoms with Crippen LogP contribution in [0, 0.1) is 0 Å². The molecule has 0 heterocycles. The molecule has 0 fully saturated rings. The van der Waals surface area contributed by atoms with E-state index in [2.05, 4.69) is 19.6 Å². The van der Waals surface area contributed by atoms with E-state index >= 15 is 0 Å². The summed E-state index contributed by atoms with van der Waals surface area (Å²) in [5, 5.41) is 1.24. The third-order valence-corrected chi connectivity index (χ3v) is 5.99. The lowest BCUT2D eigenvalue weighted by Gasteiger charge is -2.17. The minimum absolute atomic E-state index is 0.139. The molecule has 1 aromatic rings. The van der Waals surface area contributed by atoms with Crippen molar-refractivity contribution in [3.8, 4) is 0 Å². The Morgan fingerprint density at radius 3 is 2.64 bits per heavy atom. The summed E-state index contributed by atoms with van der Waals surface area (Å²) >= 11 is 18.1. The molecule has 0 spiro atoms. The first-order valence-corrected chi connectivity index (χ1v) is 10.2. The molecule has 0 aromatic heterocycles. The van der Waals surface area contributed by atoms with E-state index in [9.17, 15) is 4.79 Å². The molecule has 22 heavy (non-hydrogen) atoms. The van der Waals surface area contributed by atoms with Crippen molar-refractivity contribution in [1.29, 1.82) is 0 Å². The van der Waals surface area contributed by atoms with E-state index in [1.165, 1.54) is 12.8 Å². The van der Waals surface area contributed by atoms with Crippen LogP contribution < -0.4 is 0 Å². The molecule has 1 nitrogen and oxygen atoms in total. The number of ketones is 1. The Morgan fingerprint density at radius 1 is 1.23 bits per heavy atom. The molecule has 0 aliphatic carbocycles. The Balaban J connectivity index is 2.63. The van der Waals surface area contributed by atoms with Gasteiger partial charge in [0, 0.05) is 23.8 Å². The highest BCUT2D eigenvalue weighted by molar-refractivity contribution is 8.00. The molecule has 0 saturated heterocycles. The van der Waals surface area contributed by atoms with Crippen LogP contribution in [0.1, 0.15) is 56.3 Å². The van der Waals surface area contributed by atoms with Gasteiger partial charge in [-0.05, 0) is 29.9 Å². The zero-order chi connectivity index (χ0) is 16.4. The van der Waals surface area contributed by atoms with Crippen molar-refractivity contribution in [1.82, 2.24) is 0 Å². The van der Waals surface area contributed by atoms with E-state index in [-0.39, 0.29) is 5.25 Å². The molecule has 0 aliphatic heterocycles. The number of carbonyl (C=O) groups excluding carboxylic acids is 1. The number of halogens is 2. The molecule has 1 aromatic carbocycles. The largest absolute Gasteiger partial charge is 0.300 e. The Hall–Kier alpha value is 0.170. The fraction of sp³-hybridized carbons (Fsp3) is 0.588. The molecule has 0 radical (unpaired) electrons. The molecule has 0 aliphatic rings. The minimum Gasteiger partial charge on any atom is -0.300 e. The number of hydrogen-bond acceptors (Lipinski definition) is 3. The van der Waals surface area contributed by atoms with Crippen molar-refractivity contribution >= 4 is 53.4 Å². The first-order valence-electron chi connectivity index (χ1n) is 7.77. The van der Waals surface area contributed by atoms with Crippen molar-refractivity contribution in [2.45, 2.75) is 50.7 Å². The lowest BCUT2D eigenvalue weighted by Crippen LogP contribution is -2.06. The van der Waals surface area contributed by atoms with Gasteiger partial charge in [0.15, 0.2) is 0 Å². The molecular formula is C17H24Cl2OS2. The van der Waals surface area contributed by atoms with Crippen LogP contribution in [0.2, 0.25) is 10.0 Å². The Bertz CT molecular complexity index is 466. The summed E-state index contributed by atoms with van der Waals surface area (Å²) in [4.78, 5) is 12.2. The van der Waals surface area contributed by atoms with Crippen LogP contribution in [0.5, 0.6) is 0 Å². The predicted octanol–water partition coefficient (Wildman–Crippen LogP) is 6.63. The summed E-state index contributed by atoms with van der Waals surface area (Å²) in [7, 11) is 0. The van der Waals surface area contributed by atoms with Gasteiger partial charge in [-0.1, -0.05) is 55.5 Å². The number of thiol groups is 1. The molecule has 1 rings (SSSR count). The average Bonchev–Trinajstić information content (AvgIpc) is 2.50. The average molecular weight is 379 g/mol. The summed E-state index contributed by atoms with van der Waals surface area (Å²) in [5.41, 5.74) is 1.07. The van der Waals surface area contributed by atoms with Crippen LogP contribution in [0.25, 0.3) is 0 Å². The zero-order valence-corrected chi connectivity index (χ0v) is 16.2. The lowest BCUT2D eigenvalue weighted by molar-refractivity contribution is -0.119. The van der Waals surface area contributed by atoms with Crippen LogP contribution in [-0.4, -0.2) is 17.3 Å². The van der Waals surface area contributed by atoms with Crippen molar-refractivity contribution in [2.24, 2.45) is 0 Å². The first-order chi connectivity index (χ1) is 10.6. The SMILES string of the molecule is CCCCCCC(=O)CC(SCCS)c1ccc(Cl)c(Cl)c1. The summed E-state index contributed by atoms with van der Waals surface area (Å²) in [5.74, 6) is 2.04. The quantitative estimate of drug-likeness (QED) is 0.343. The van der Waals surface area contributed by atoms with Gasteiger partial charge in [-0.2, -0.15) is 24.4 Å². The van der Waals surface area contributed by atoms with E-state index < -0.39 is 0 Å². The van der Waals surface area contributed by atoms with Crippen molar-refractivity contribution in [3.63, 3.8) is 0 Å². The highest BCUT2D eigenvalue weighted by Gasteiger charge is 2.17. The Kier molecular flexibility index (Phi) is 10.7. The number of benzene rings is 1. The maximum atomic E-state index is 12.2. The van der Waals surface area contributed by atoms with E-state index in [0.717, 1.165) is 29.9 Å². The summed E-state index contributed by atoms with van der Waals surface area (Å²) in [6.07, 6.45) is 5.78. The van der Waals surface area contributed by atoms with E-state index in [4.69, 9.17) is 23.2 Å². The molecule has 1 unspecified atom stereocenters. The van der Waals surface area contributed by atoms with E-state index in [1.807, 2.05) is 12.1 Å². The van der Waals surface area contributed by atoms with Crippen LogP contribution in [-0.2, 0) is 4.79 Å². The lowest BCUT2D eigenvalue weighted by atomic mass is 10.0. The topological polar surface area (TPSA) is 17.1 Å². The first kappa shape index (κ1) is 20.2.